The van der Waals surface area contributed by atoms with E-state index in [2.05, 4.69) is 10.6 Å². The minimum Gasteiger partial charge on any atom is -0.352 e. The third kappa shape index (κ3) is 6.82. The van der Waals surface area contributed by atoms with E-state index in [0.717, 1.165) is 16.6 Å². The van der Waals surface area contributed by atoms with Crippen LogP contribution in [0.3, 0.4) is 0 Å². The molecule has 0 aliphatic rings. The first-order chi connectivity index (χ1) is 16.8. The Morgan fingerprint density at radius 1 is 0.971 bits per heavy atom. The Balaban J connectivity index is 1.67. The number of aromatic nitrogens is 2. The van der Waals surface area contributed by atoms with Crippen molar-refractivity contribution in [2.45, 2.75) is 65.2 Å². The molecule has 1 heterocycles. The smallest absolute Gasteiger partial charge is 0.331 e. The van der Waals surface area contributed by atoms with E-state index >= 15 is 0 Å². The van der Waals surface area contributed by atoms with E-state index in [4.69, 9.17) is 11.6 Å². The summed E-state index contributed by atoms with van der Waals surface area (Å²) >= 11 is 6.11. The van der Waals surface area contributed by atoms with Gasteiger partial charge in [0, 0.05) is 30.6 Å². The van der Waals surface area contributed by atoms with Crippen molar-refractivity contribution < 1.29 is 9.59 Å². The molecule has 3 aromatic rings. The molecule has 0 bridgehead atoms. The maximum atomic E-state index is 13.2. The molecule has 0 aliphatic carbocycles. The summed E-state index contributed by atoms with van der Waals surface area (Å²) < 4.78 is 2.49. The molecule has 2 N–H and O–H groups in total. The first kappa shape index (κ1) is 26.2. The maximum Gasteiger partial charge on any atom is 0.331 e. The Labute approximate surface area is 208 Å². The Morgan fingerprint density at radius 2 is 1.69 bits per heavy atom. The fraction of sp³-hybridized carbons (Fsp3) is 0.385. The molecule has 0 fully saturated rings. The zero-order valence-corrected chi connectivity index (χ0v) is 20.8. The molecule has 0 radical (unpaired) electrons. The Kier molecular flexibility index (Phi) is 9.25. The van der Waals surface area contributed by atoms with Crippen LogP contribution in [0.5, 0.6) is 0 Å². The SMILES string of the molecule is CCC(C)NC(=O)Cn1c(=O)n(CCCCC(=O)NCc2ccccc2Cl)c(=O)c2ccccc21. The molecule has 1 unspecified atom stereocenters. The van der Waals surface area contributed by atoms with Crippen LogP contribution in [0.15, 0.2) is 58.1 Å². The normalized spacial score (nSPS) is 11.9. The summed E-state index contributed by atoms with van der Waals surface area (Å²) in [6, 6.07) is 14.1. The molecule has 0 saturated heterocycles. The number of para-hydroxylation sites is 1. The topological polar surface area (TPSA) is 102 Å². The lowest BCUT2D eigenvalue weighted by atomic mass is 10.2. The van der Waals surface area contributed by atoms with Gasteiger partial charge >= 0.3 is 5.69 Å². The zero-order chi connectivity index (χ0) is 25.4. The van der Waals surface area contributed by atoms with Crippen molar-refractivity contribution >= 4 is 34.3 Å². The van der Waals surface area contributed by atoms with Crippen LogP contribution in [0.25, 0.3) is 10.9 Å². The van der Waals surface area contributed by atoms with Crippen LogP contribution in [0.1, 0.15) is 45.1 Å². The summed E-state index contributed by atoms with van der Waals surface area (Å²) in [5.74, 6) is -0.415. The Morgan fingerprint density at radius 3 is 2.43 bits per heavy atom. The third-order valence-corrected chi connectivity index (χ3v) is 6.29. The number of amides is 2. The molecule has 35 heavy (non-hydrogen) atoms. The van der Waals surface area contributed by atoms with Crippen molar-refractivity contribution in [1.29, 1.82) is 0 Å². The van der Waals surface area contributed by atoms with E-state index in [1.165, 1.54) is 4.57 Å². The molecule has 2 amide bonds. The number of fused-ring (bicyclic) bond motifs is 1. The highest BCUT2D eigenvalue weighted by atomic mass is 35.5. The average Bonchev–Trinajstić information content (AvgIpc) is 2.85. The van der Waals surface area contributed by atoms with E-state index in [1.54, 1.807) is 30.3 Å². The van der Waals surface area contributed by atoms with Crippen molar-refractivity contribution in [3.63, 3.8) is 0 Å². The molecule has 186 valence electrons. The zero-order valence-electron chi connectivity index (χ0n) is 20.1. The van der Waals surface area contributed by atoms with E-state index in [1.807, 2.05) is 32.0 Å². The number of hydrogen-bond donors (Lipinski definition) is 2. The number of halogens is 1. The minimum absolute atomic E-state index is 0.0144. The third-order valence-electron chi connectivity index (χ3n) is 5.92. The highest BCUT2D eigenvalue weighted by Gasteiger charge is 2.16. The molecule has 1 aromatic heterocycles. The second-order valence-corrected chi connectivity index (χ2v) is 8.95. The predicted molar refractivity (Wildman–Crippen MR) is 138 cm³/mol. The molecule has 2 aromatic carbocycles. The molecule has 1 atom stereocenters. The molecule has 8 nitrogen and oxygen atoms in total. The van der Waals surface area contributed by atoms with Crippen LogP contribution in [-0.2, 0) is 29.2 Å². The quantitative estimate of drug-likeness (QED) is 0.396. The van der Waals surface area contributed by atoms with Gasteiger partial charge in [0.05, 0.1) is 10.9 Å². The van der Waals surface area contributed by atoms with Crippen LogP contribution in [0, 0.1) is 0 Å². The van der Waals surface area contributed by atoms with Gasteiger partial charge in [-0.2, -0.15) is 0 Å². The van der Waals surface area contributed by atoms with E-state index in [0.29, 0.717) is 35.3 Å². The first-order valence-corrected chi connectivity index (χ1v) is 12.2. The minimum atomic E-state index is -0.531. The van der Waals surface area contributed by atoms with Crippen molar-refractivity contribution in [3.05, 3.63) is 80.0 Å². The summed E-state index contributed by atoms with van der Waals surface area (Å²) in [6.07, 6.45) is 2.00. The maximum absolute atomic E-state index is 13.2. The van der Waals surface area contributed by atoms with Gasteiger partial charge in [0.1, 0.15) is 6.54 Å². The number of nitrogens with one attached hydrogen (secondary N) is 2. The number of carbonyl (C=O) groups excluding carboxylic acids is 2. The van der Waals surface area contributed by atoms with Gasteiger partial charge in [-0.3, -0.25) is 23.5 Å². The summed E-state index contributed by atoms with van der Waals surface area (Å²) in [4.78, 5) is 50.8. The van der Waals surface area contributed by atoms with Crippen LogP contribution >= 0.6 is 11.6 Å². The molecule has 0 spiro atoms. The van der Waals surface area contributed by atoms with E-state index in [9.17, 15) is 19.2 Å². The van der Waals surface area contributed by atoms with Crippen LogP contribution < -0.4 is 21.9 Å². The number of nitrogens with zero attached hydrogens (tertiary/aromatic N) is 2. The van der Waals surface area contributed by atoms with Crippen molar-refractivity contribution in [1.82, 2.24) is 19.8 Å². The Bertz CT molecular complexity index is 1310. The highest BCUT2D eigenvalue weighted by Crippen LogP contribution is 2.14. The summed E-state index contributed by atoms with van der Waals surface area (Å²) in [6.45, 7) is 4.18. The monoisotopic (exact) mass is 498 g/mol. The number of unbranched alkanes of at least 4 members (excludes halogenated alkanes) is 1. The van der Waals surface area contributed by atoms with Gasteiger partial charge in [-0.1, -0.05) is 48.9 Å². The molecular formula is C26H31ClN4O4. The van der Waals surface area contributed by atoms with Crippen LogP contribution in [-0.4, -0.2) is 27.0 Å². The molecule has 3 rings (SSSR count). The molecule has 0 aliphatic heterocycles. The van der Waals surface area contributed by atoms with E-state index < -0.39 is 11.2 Å². The van der Waals surface area contributed by atoms with Gasteiger partial charge in [-0.25, -0.2) is 4.79 Å². The number of benzene rings is 2. The number of hydrogen-bond acceptors (Lipinski definition) is 4. The molecular weight excluding hydrogens is 468 g/mol. The van der Waals surface area contributed by atoms with Crippen LogP contribution in [0.4, 0.5) is 0 Å². The molecule has 9 heteroatoms. The lowest BCUT2D eigenvalue weighted by molar-refractivity contribution is -0.122. The number of carbonyl (C=O) groups is 2. The fourth-order valence-electron chi connectivity index (χ4n) is 3.77. The van der Waals surface area contributed by atoms with Crippen LogP contribution in [0.2, 0.25) is 5.02 Å². The lowest BCUT2D eigenvalue weighted by Crippen LogP contribution is -2.43. The van der Waals surface area contributed by atoms with E-state index in [-0.39, 0.29) is 37.4 Å². The lowest BCUT2D eigenvalue weighted by Gasteiger charge is -2.16. The first-order valence-electron chi connectivity index (χ1n) is 11.8. The average molecular weight is 499 g/mol. The highest BCUT2D eigenvalue weighted by molar-refractivity contribution is 6.31. The Hall–Kier alpha value is -3.39. The standard InChI is InChI=1S/C26H31ClN4O4/c1-3-18(2)29-24(33)17-31-22-13-7-5-11-20(22)25(34)30(26(31)35)15-9-8-14-23(32)28-16-19-10-4-6-12-21(19)27/h4-7,10-13,18H,3,8-9,14-17H2,1-2H3,(H,28,32)(H,29,33). The van der Waals surface area contributed by atoms with Gasteiger partial charge in [-0.15, -0.1) is 0 Å². The predicted octanol–water partition coefficient (Wildman–Crippen LogP) is 3.22. The second kappa shape index (κ2) is 12.4. The summed E-state index contributed by atoms with van der Waals surface area (Å²) in [7, 11) is 0. The van der Waals surface area contributed by atoms with Gasteiger partial charge in [0.2, 0.25) is 11.8 Å². The van der Waals surface area contributed by atoms with Crippen molar-refractivity contribution in [2.24, 2.45) is 0 Å². The summed E-state index contributed by atoms with van der Waals surface area (Å²) in [5, 5.41) is 6.66. The van der Waals surface area contributed by atoms with Crippen molar-refractivity contribution in [3.8, 4) is 0 Å². The van der Waals surface area contributed by atoms with Crippen molar-refractivity contribution in [2.75, 3.05) is 0 Å². The number of rotatable bonds is 11. The van der Waals surface area contributed by atoms with Gasteiger partial charge < -0.3 is 10.6 Å². The van der Waals surface area contributed by atoms with Gasteiger partial charge in [0.25, 0.3) is 5.56 Å². The summed E-state index contributed by atoms with van der Waals surface area (Å²) in [5.41, 5.74) is 0.337. The second-order valence-electron chi connectivity index (χ2n) is 8.54. The molecule has 0 saturated carbocycles. The largest absolute Gasteiger partial charge is 0.352 e. The fourth-order valence-corrected chi connectivity index (χ4v) is 3.97. The van der Waals surface area contributed by atoms with Gasteiger partial charge in [-0.05, 0) is 49.9 Å². The van der Waals surface area contributed by atoms with Gasteiger partial charge in [0.15, 0.2) is 0 Å².